The molecule has 1 N–H and O–H groups in total. The fourth-order valence-corrected chi connectivity index (χ4v) is 5.35. The number of anilines is 1. The van der Waals surface area contributed by atoms with Crippen molar-refractivity contribution in [3.8, 4) is 0 Å². The van der Waals surface area contributed by atoms with Crippen molar-refractivity contribution in [2.45, 2.75) is 31.1 Å². The molecule has 0 fully saturated rings. The first-order valence-corrected chi connectivity index (χ1v) is 12.6. The Morgan fingerprint density at radius 2 is 1.86 bits per heavy atom. The van der Waals surface area contributed by atoms with Crippen molar-refractivity contribution in [3.05, 3.63) is 101 Å². The maximum absolute atomic E-state index is 12.7. The number of amidine groups is 1. The molecule has 2 atom stereocenters. The first kappa shape index (κ1) is 23.3. The Balaban J connectivity index is 1.37. The summed E-state index contributed by atoms with van der Waals surface area (Å²) < 4.78 is 0. The van der Waals surface area contributed by atoms with E-state index in [2.05, 4.69) is 34.6 Å². The summed E-state index contributed by atoms with van der Waals surface area (Å²) in [6.45, 7) is 2.05. The van der Waals surface area contributed by atoms with E-state index in [1.54, 1.807) is 5.01 Å². The van der Waals surface area contributed by atoms with E-state index >= 15 is 0 Å². The number of nitrogens with zero attached hydrogens (tertiary/aromatic N) is 3. The molecule has 35 heavy (non-hydrogen) atoms. The molecule has 2 aliphatic heterocycles. The molecule has 176 valence electrons. The summed E-state index contributed by atoms with van der Waals surface area (Å²) in [6.07, 6.45) is 0.686. The second kappa shape index (κ2) is 10.1. The molecule has 0 saturated carbocycles. The van der Waals surface area contributed by atoms with Gasteiger partial charge < -0.3 is 5.32 Å². The number of nitrogens with one attached hydrogen (secondary N) is 1. The average molecular weight is 503 g/mol. The summed E-state index contributed by atoms with van der Waals surface area (Å²) in [7, 11) is 0. The summed E-state index contributed by atoms with van der Waals surface area (Å²) in [5.41, 5.74) is 4.80. The van der Waals surface area contributed by atoms with Gasteiger partial charge in [0, 0.05) is 23.6 Å². The van der Waals surface area contributed by atoms with Crippen LogP contribution in [0, 0.1) is 6.92 Å². The number of para-hydroxylation sites is 1. The van der Waals surface area contributed by atoms with E-state index in [0.717, 1.165) is 16.8 Å². The van der Waals surface area contributed by atoms with Crippen LogP contribution in [0.3, 0.4) is 0 Å². The third-order valence-corrected chi connectivity index (χ3v) is 7.26. The molecule has 0 unspecified atom stereocenters. The van der Waals surface area contributed by atoms with Gasteiger partial charge in [0.15, 0.2) is 5.17 Å². The first-order valence-electron chi connectivity index (χ1n) is 11.3. The first-order chi connectivity index (χ1) is 17.0. The molecule has 8 heteroatoms. The molecule has 5 rings (SSSR count). The molecular weight excluding hydrogens is 480 g/mol. The minimum Gasteiger partial charge on any atom is -0.326 e. The van der Waals surface area contributed by atoms with Crippen molar-refractivity contribution in [2.24, 2.45) is 10.1 Å². The molecule has 0 aliphatic carbocycles. The summed E-state index contributed by atoms with van der Waals surface area (Å²) >= 11 is 7.56. The molecular formula is C27H23ClN4O2S. The minimum absolute atomic E-state index is 0.0373. The number of hydrogen-bond acceptors (Lipinski definition) is 5. The van der Waals surface area contributed by atoms with Gasteiger partial charge in [0.25, 0.3) is 5.91 Å². The lowest BCUT2D eigenvalue weighted by atomic mass is 9.98. The Morgan fingerprint density at radius 1 is 1.09 bits per heavy atom. The highest BCUT2D eigenvalue weighted by atomic mass is 35.5. The van der Waals surface area contributed by atoms with E-state index in [1.807, 2.05) is 61.5 Å². The largest absolute Gasteiger partial charge is 0.326 e. The van der Waals surface area contributed by atoms with Crippen LogP contribution >= 0.6 is 23.4 Å². The molecule has 2 aliphatic rings. The minimum atomic E-state index is -0.590. The van der Waals surface area contributed by atoms with Crippen LogP contribution < -0.4 is 5.32 Å². The molecule has 0 saturated heterocycles. The monoisotopic (exact) mass is 502 g/mol. The summed E-state index contributed by atoms with van der Waals surface area (Å²) in [5.74, 6) is -0.549. The van der Waals surface area contributed by atoms with Gasteiger partial charge in [-0.15, -0.1) is 0 Å². The number of aliphatic imine (C=N–C) groups is 1. The summed E-state index contributed by atoms with van der Waals surface area (Å²) in [4.78, 5) is 29.6. The van der Waals surface area contributed by atoms with Crippen molar-refractivity contribution in [3.63, 3.8) is 0 Å². The number of rotatable bonds is 5. The van der Waals surface area contributed by atoms with Gasteiger partial charge in [0.05, 0.1) is 11.8 Å². The fraction of sp³-hybridized carbons (Fsp3) is 0.185. The van der Waals surface area contributed by atoms with Crippen LogP contribution in [0.2, 0.25) is 5.02 Å². The van der Waals surface area contributed by atoms with Crippen molar-refractivity contribution >= 4 is 51.7 Å². The van der Waals surface area contributed by atoms with Gasteiger partial charge in [-0.25, -0.2) is 5.01 Å². The van der Waals surface area contributed by atoms with E-state index in [-0.39, 0.29) is 24.3 Å². The highest BCUT2D eigenvalue weighted by Crippen LogP contribution is 2.39. The van der Waals surface area contributed by atoms with Crippen molar-refractivity contribution < 1.29 is 9.59 Å². The van der Waals surface area contributed by atoms with E-state index in [4.69, 9.17) is 16.7 Å². The standard InChI is InChI=1S/C27H23ClN4O2S/c1-17-10-12-18(13-11-17)22-15-23(19-6-5-7-20(28)14-19)32(31-22)27-30-26(34)24(35-27)16-25(33)29-21-8-3-2-4-9-21/h2-14,23-24H,15-16H2,1H3,(H,29,33)/t23-,24-/m0/s1. The quantitative estimate of drug-likeness (QED) is 0.476. The van der Waals surface area contributed by atoms with Crippen molar-refractivity contribution in [1.82, 2.24) is 5.01 Å². The SMILES string of the molecule is Cc1ccc(C2=NN(C3=NC(=O)[C@H](CC(=O)Nc4ccccc4)S3)[C@H](c3cccc(Cl)c3)C2)cc1. The third-order valence-electron chi connectivity index (χ3n) is 5.88. The Bertz CT molecular complexity index is 1320. The highest BCUT2D eigenvalue weighted by Gasteiger charge is 2.39. The van der Waals surface area contributed by atoms with E-state index in [1.165, 1.54) is 17.3 Å². The highest BCUT2D eigenvalue weighted by molar-refractivity contribution is 8.15. The lowest BCUT2D eigenvalue weighted by Gasteiger charge is -2.23. The predicted octanol–water partition coefficient (Wildman–Crippen LogP) is 5.83. The fourth-order valence-electron chi connectivity index (χ4n) is 4.09. The number of aryl methyl sites for hydroxylation is 1. The molecule has 0 bridgehead atoms. The van der Waals surface area contributed by atoms with Gasteiger partial charge in [0.2, 0.25) is 5.91 Å². The number of carbonyl (C=O) groups is 2. The van der Waals surface area contributed by atoms with E-state index in [9.17, 15) is 9.59 Å². The maximum Gasteiger partial charge on any atom is 0.262 e. The zero-order valence-corrected chi connectivity index (χ0v) is 20.6. The van der Waals surface area contributed by atoms with Gasteiger partial charge in [0.1, 0.15) is 5.25 Å². The maximum atomic E-state index is 12.7. The zero-order valence-electron chi connectivity index (χ0n) is 19.0. The van der Waals surface area contributed by atoms with E-state index < -0.39 is 5.25 Å². The van der Waals surface area contributed by atoms with Crippen molar-refractivity contribution in [1.29, 1.82) is 0 Å². The van der Waals surface area contributed by atoms with Crippen LogP contribution in [0.5, 0.6) is 0 Å². The second-order valence-electron chi connectivity index (χ2n) is 8.49. The average Bonchev–Trinajstić information content (AvgIpc) is 3.44. The van der Waals surface area contributed by atoms with Crippen LogP contribution in [-0.2, 0) is 9.59 Å². The number of hydrazone groups is 1. The number of thioether (sulfide) groups is 1. The number of amides is 2. The smallest absolute Gasteiger partial charge is 0.262 e. The number of halogens is 1. The molecule has 2 amide bonds. The van der Waals surface area contributed by atoms with Gasteiger partial charge in [-0.05, 0) is 42.3 Å². The Hall–Kier alpha value is -3.42. The molecule has 6 nitrogen and oxygen atoms in total. The zero-order chi connectivity index (χ0) is 24.4. The molecule has 0 radical (unpaired) electrons. The van der Waals surface area contributed by atoms with Crippen LogP contribution in [0.4, 0.5) is 5.69 Å². The predicted molar refractivity (Wildman–Crippen MR) is 142 cm³/mol. The van der Waals surface area contributed by atoms with Crippen LogP contribution in [-0.4, -0.2) is 33.0 Å². The molecule has 3 aromatic carbocycles. The Morgan fingerprint density at radius 3 is 2.60 bits per heavy atom. The van der Waals surface area contributed by atoms with E-state index in [0.29, 0.717) is 22.3 Å². The topological polar surface area (TPSA) is 74.1 Å². The van der Waals surface area contributed by atoms with Crippen LogP contribution in [0.15, 0.2) is 89.0 Å². The van der Waals surface area contributed by atoms with Gasteiger partial charge in [-0.3, -0.25) is 9.59 Å². The van der Waals surface area contributed by atoms with Crippen LogP contribution in [0.25, 0.3) is 0 Å². The molecule has 2 heterocycles. The van der Waals surface area contributed by atoms with Crippen LogP contribution in [0.1, 0.15) is 35.6 Å². The van der Waals surface area contributed by atoms with Gasteiger partial charge in [-0.1, -0.05) is 83.5 Å². The second-order valence-corrected chi connectivity index (χ2v) is 10.1. The summed E-state index contributed by atoms with van der Waals surface area (Å²) in [5, 5.41) is 10.1. The third kappa shape index (κ3) is 5.31. The lowest BCUT2D eigenvalue weighted by molar-refractivity contribution is -0.121. The Labute approximate surface area is 213 Å². The molecule has 0 spiro atoms. The number of hydrogen-bond donors (Lipinski definition) is 1. The lowest BCUT2D eigenvalue weighted by Crippen LogP contribution is -2.25. The summed E-state index contributed by atoms with van der Waals surface area (Å²) in [6, 6.07) is 24.9. The van der Waals surface area contributed by atoms with Gasteiger partial charge >= 0.3 is 0 Å². The normalized spacial score (nSPS) is 19.5. The molecule has 0 aromatic heterocycles. The number of carbonyl (C=O) groups excluding carboxylic acids is 2. The molecule has 3 aromatic rings. The van der Waals surface area contributed by atoms with Gasteiger partial charge in [-0.2, -0.15) is 10.1 Å². The van der Waals surface area contributed by atoms with Crippen molar-refractivity contribution in [2.75, 3.05) is 5.32 Å². The number of benzene rings is 3. The Kier molecular flexibility index (Phi) is 6.70.